The van der Waals surface area contributed by atoms with Gasteiger partial charge in [0.05, 0.1) is 5.54 Å². The molecule has 2 nitrogen and oxygen atoms in total. The molecule has 0 aromatic heterocycles. The molecule has 1 aliphatic carbocycles. The van der Waals surface area contributed by atoms with E-state index in [1.165, 1.54) is 30.4 Å². The Morgan fingerprint density at radius 3 is 2.58 bits per heavy atom. The summed E-state index contributed by atoms with van der Waals surface area (Å²) in [6.45, 7) is 4.18. The van der Waals surface area contributed by atoms with E-state index in [9.17, 15) is 4.79 Å². The number of carbonyl (C=O) groups excluding carboxylic acids is 1. The summed E-state index contributed by atoms with van der Waals surface area (Å²) in [7, 11) is 0. The quantitative estimate of drug-likeness (QED) is 0.745. The fourth-order valence-corrected chi connectivity index (χ4v) is 3.47. The van der Waals surface area contributed by atoms with Crippen molar-refractivity contribution in [3.8, 4) is 0 Å². The molecule has 1 fully saturated rings. The highest BCUT2D eigenvalue weighted by Crippen LogP contribution is 2.42. The number of amides is 1. The highest BCUT2D eigenvalue weighted by atomic mass is 16.2. The molecule has 1 aromatic carbocycles. The standard InChI is InChI=1S/C17H21NO/c1-13-6-7-14(2)15(12-13)18-16(19)8-11-17(18)9-4-3-5-10-17/h6-8,11-12H,3-5,9-10H2,1-2H3. The molecule has 0 saturated heterocycles. The molecular weight excluding hydrogens is 234 g/mol. The van der Waals surface area contributed by atoms with Gasteiger partial charge in [0.1, 0.15) is 0 Å². The van der Waals surface area contributed by atoms with Crippen LogP contribution in [0.2, 0.25) is 0 Å². The number of aryl methyl sites for hydroxylation is 2. The van der Waals surface area contributed by atoms with E-state index < -0.39 is 0 Å². The fraction of sp³-hybridized carbons (Fsp3) is 0.471. The molecule has 2 aliphatic rings. The molecule has 0 N–H and O–H groups in total. The van der Waals surface area contributed by atoms with Gasteiger partial charge < -0.3 is 0 Å². The first kappa shape index (κ1) is 12.5. The van der Waals surface area contributed by atoms with E-state index in [2.05, 4.69) is 43.0 Å². The summed E-state index contributed by atoms with van der Waals surface area (Å²) < 4.78 is 0. The van der Waals surface area contributed by atoms with Crippen molar-refractivity contribution >= 4 is 11.6 Å². The van der Waals surface area contributed by atoms with Crippen LogP contribution in [0.4, 0.5) is 5.69 Å². The fourth-order valence-electron chi connectivity index (χ4n) is 3.47. The maximum absolute atomic E-state index is 12.4. The summed E-state index contributed by atoms with van der Waals surface area (Å²) in [6.07, 6.45) is 9.86. The van der Waals surface area contributed by atoms with Gasteiger partial charge in [-0.3, -0.25) is 9.69 Å². The maximum atomic E-state index is 12.4. The van der Waals surface area contributed by atoms with Crippen molar-refractivity contribution in [2.75, 3.05) is 4.90 Å². The molecule has 2 heteroatoms. The van der Waals surface area contributed by atoms with Crippen LogP contribution in [-0.2, 0) is 4.79 Å². The molecule has 1 aromatic rings. The first-order valence-corrected chi connectivity index (χ1v) is 7.23. The Morgan fingerprint density at radius 2 is 1.84 bits per heavy atom. The number of anilines is 1. The van der Waals surface area contributed by atoms with Crippen LogP contribution in [0.25, 0.3) is 0 Å². The molecule has 1 heterocycles. The lowest BCUT2D eigenvalue weighted by Crippen LogP contribution is -2.48. The third-order valence-corrected chi connectivity index (χ3v) is 4.53. The van der Waals surface area contributed by atoms with Gasteiger partial charge in [-0.2, -0.15) is 0 Å². The number of benzene rings is 1. The van der Waals surface area contributed by atoms with Crippen molar-refractivity contribution in [3.05, 3.63) is 41.5 Å². The Hall–Kier alpha value is -1.57. The van der Waals surface area contributed by atoms with Gasteiger partial charge in [-0.15, -0.1) is 0 Å². The predicted molar refractivity (Wildman–Crippen MR) is 78.4 cm³/mol. The van der Waals surface area contributed by atoms with E-state index in [1.807, 2.05) is 0 Å². The monoisotopic (exact) mass is 255 g/mol. The molecule has 1 spiro atoms. The van der Waals surface area contributed by atoms with Crippen LogP contribution in [0.1, 0.15) is 43.2 Å². The second-order valence-electron chi connectivity index (χ2n) is 5.96. The van der Waals surface area contributed by atoms with Gasteiger partial charge >= 0.3 is 0 Å². The molecule has 1 aliphatic heterocycles. The van der Waals surface area contributed by atoms with E-state index in [4.69, 9.17) is 0 Å². The van der Waals surface area contributed by atoms with Crippen molar-refractivity contribution in [3.63, 3.8) is 0 Å². The summed E-state index contributed by atoms with van der Waals surface area (Å²) in [6, 6.07) is 6.38. The Balaban J connectivity index is 2.06. The minimum absolute atomic E-state index is 0.0477. The molecular formula is C17H21NO. The molecule has 3 rings (SSSR count). The molecule has 0 atom stereocenters. The Kier molecular flexibility index (Phi) is 2.96. The molecule has 1 saturated carbocycles. The molecule has 100 valence electrons. The van der Waals surface area contributed by atoms with Crippen LogP contribution in [0.5, 0.6) is 0 Å². The zero-order chi connectivity index (χ0) is 13.5. The van der Waals surface area contributed by atoms with Gasteiger partial charge in [-0.25, -0.2) is 0 Å². The number of rotatable bonds is 1. The smallest absolute Gasteiger partial charge is 0.251 e. The molecule has 19 heavy (non-hydrogen) atoms. The van der Waals surface area contributed by atoms with Gasteiger partial charge in [-0.1, -0.05) is 37.5 Å². The van der Waals surface area contributed by atoms with Crippen molar-refractivity contribution in [1.82, 2.24) is 0 Å². The van der Waals surface area contributed by atoms with Crippen LogP contribution in [0.3, 0.4) is 0 Å². The highest BCUT2D eigenvalue weighted by molar-refractivity contribution is 6.06. The largest absolute Gasteiger partial charge is 0.299 e. The summed E-state index contributed by atoms with van der Waals surface area (Å²) in [4.78, 5) is 14.4. The summed E-state index contributed by atoms with van der Waals surface area (Å²) in [5.41, 5.74) is 3.45. The summed E-state index contributed by atoms with van der Waals surface area (Å²) in [5, 5.41) is 0. The van der Waals surface area contributed by atoms with Crippen molar-refractivity contribution in [2.24, 2.45) is 0 Å². The normalized spacial score (nSPS) is 21.4. The summed E-state index contributed by atoms with van der Waals surface area (Å²) in [5.74, 6) is 0.149. The van der Waals surface area contributed by atoms with Gasteiger partial charge in [0, 0.05) is 11.8 Å². The minimum Gasteiger partial charge on any atom is -0.299 e. The minimum atomic E-state index is -0.0477. The average molecular weight is 255 g/mol. The first-order chi connectivity index (χ1) is 9.12. The third kappa shape index (κ3) is 1.99. The van der Waals surface area contributed by atoms with Crippen molar-refractivity contribution in [2.45, 2.75) is 51.5 Å². The van der Waals surface area contributed by atoms with Crippen LogP contribution >= 0.6 is 0 Å². The van der Waals surface area contributed by atoms with E-state index in [-0.39, 0.29) is 11.4 Å². The van der Waals surface area contributed by atoms with Crippen LogP contribution in [-0.4, -0.2) is 11.4 Å². The van der Waals surface area contributed by atoms with Gasteiger partial charge in [0.25, 0.3) is 5.91 Å². The second kappa shape index (κ2) is 4.52. The van der Waals surface area contributed by atoms with Gasteiger partial charge in [0.2, 0.25) is 0 Å². The molecule has 0 radical (unpaired) electrons. The topological polar surface area (TPSA) is 20.3 Å². The van der Waals surface area contributed by atoms with E-state index in [1.54, 1.807) is 6.08 Å². The number of carbonyl (C=O) groups is 1. The first-order valence-electron chi connectivity index (χ1n) is 7.23. The lowest BCUT2D eigenvalue weighted by atomic mass is 9.81. The second-order valence-corrected chi connectivity index (χ2v) is 5.96. The lowest BCUT2D eigenvalue weighted by Gasteiger charge is -2.41. The number of nitrogens with zero attached hydrogens (tertiary/aromatic N) is 1. The third-order valence-electron chi connectivity index (χ3n) is 4.53. The van der Waals surface area contributed by atoms with Crippen molar-refractivity contribution < 1.29 is 4.79 Å². The molecule has 1 amide bonds. The van der Waals surface area contributed by atoms with Crippen molar-refractivity contribution in [1.29, 1.82) is 0 Å². The summed E-state index contributed by atoms with van der Waals surface area (Å²) >= 11 is 0. The Labute approximate surface area is 115 Å². The van der Waals surface area contributed by atoms with E-state index in [0.717, 1.165) is 18.5 Å². The average Bonchev–Trinajstić information content (AvgIpc) is 2.71. The van der Waals surface area contributed by atoms with Gasteiger partial charge in [0.15, 0.2) is 0 Å². The number of hydrogen-bond donors (Lipinski definition) is 0. The Bertz CT molecular complexity index is 538. The zero-order valence-electron chi connectivity index (χ0n) is 11.8. The van der Waals surface area contributed by atoms with Crippen LogP contribution < -0.4 is 4.90 Å². The van der Waals surface area contributed by atoms with Crippen LogP contribution in [0.15, 0.2) is 30.4 Å². The molecule has 0 bridgehead atoms. The van der Waals surface area contributed by atoms with E-state index in [0.29, 0.717) is 0 Å². The SMILES string of the molecule is Cc1ccc(C)c(N2C(=O)C=CC23CCCCC3)c1. The predicted octanol–water partition coefficient (Wildman–Crippen LogP) is 3.91. The maximum Gasteiger partial charge on any atom is 0.251 e. The highest BCUT2D eigenvalue weighted by Gasteiger charge is 2.43. The van der Waals surface area contributed by atoms with E-state index >= 15 is 0 Å². The number of hydrogen-bond acceptors (Lipinski definition) is 1. The van der Waals surface area contributed by atoms with Crippen LogP contribution in [0, 0.1) is 13.8 Å². The zero-order valence-corrected chi connectivity index (χ0v) is 11.8. The lowest BCUT2D eigenvalue weighted by molar-refractivity contribution is -0.114. The Morgan fingerprint density at radius 1 is 1.11 bits per heavy atom. The van der Waals surface area contributed by atoms with Gasteiger partial charge in [-0.05, 0) is 43.9 Å². The molecule has 0 unspecified atom stereocenters.